The number of nitrogens with two attached hydrogens (primary N) is 2. The van der Waals surface area contributed by atoms with E-state index in [1.54, 1.807) is 0 Å². The molecule has 0 fully saturated rings. The highest BCUT2D eigenvalue weighted by atomic mass is 16.5. The summed E-state index contributed by atoms with van der Waals surface area (Å²) in [6.45, 7) is 0.963. The number of ether oxygens (including phenoxy) is 1. The summed E-state index contributed by atoms with van der Waals surface area (Å²) in [6.07, 6.45) is 0.729. The van der Waals surface area contributed by atoms with Gasteiger partial charge in [0.1, 0.15) is 12.4 Å². The Morgan fingerprint density at radius 1 is 1.10 bits per heavy atom. The third-order valence-electron chi connectivity index (χ3n) is 2.97. The first kappa shape index (κ1) is 14.9. The average Bonchev–Trinajstić information content (AvgIpc) is 2.47. The van der Waals surface area contributed by atoms with E-state index in [4.69, 9.17) is 16.2 Å². The quantitative estimate of drug-likeness (QED) is 0.760. The molecule has 2 amide bonds. The Bertz CT molecular complexity index is 600. The molecule has 21 heavy (non-hydrogen) atoms. The molecule has 0 aliphatic rings. The molecule has 5 N–H and O–H groups in total. The van der Waals surface area contributed by atoms with Crippen molar-refractivity contribution in [3.8, 4) is 5.75 Å². The first-order valence-corrected chi connectivity index (χ1v) is 6.75. The minimum Gasteiger partial charge on any atom is -0.487 e. The Morgan fingerprint density at radius 3 is 2.52 bits per heavy atom. The number of carbonyl (C=O) groups is 1. The average molecular weight is 285 g/mol. The molecule has 0 spiro atoms. The van der Waals surface area contributed by atoms with Gasteiger partial charge in [-0.1, -0.05) is 36.4 Å². The van der Waals surface area contributed by atoms with Gasteiger partial charge in [0, 0.05) is 0 Å². The molecule has 2 aromatic rings. The smallest absolute Gasteiger partial charge is 0.316 e. The second-order valence-electron chi connectivity index (χ2n) is 4.63. The third-order valence-corrected chi connectivity index (χ3v) is 2.97. The zero-order valence-corrected chi connectivity index (χ0v) is 11.7. The molecule has 0 saturated carbocycles. The van der Waals surface area contributed by atoms with Crippen molar-refractivity contribution in [2.45, 2.75) is 13.0 Å². The second kappa shape index (κ2) is 7.31. The zero-order chi connectivity index (χ0) is 15.1. The van der Waals surface area contributed by atoms with E-state index < -0.39 is 6.03 Å². The molecule has 0 aliphatic heterocycles. The van der Waals surface area contributed by atoms with Gasteiger partial charge >= 0.3 is 6.03 Å². The van der Waals surface area contributed by atoms with E-state index in [1.165, 1.54) is 0 Å². The number of primary amides is 1. The first-order valence-electron chi connectivity index (χ1n) is 6.75. The van der Waals surface area contributed by atoms with E-state index in [9.17, 15) is 4.79 Å². The Hall–Kier alpha value is -2.53. The fourth-order valence-corrected chi connectivity index (χ4v) is 1.99. The summed E-state index contributed by atoms with van der Waals surface area (Å²) in [4.78, 5) is 11.1. The molecule has 110 valence electrons. The number of anilines is 1. The summed E-state index contributed by atoms with van der Waals surface area (Å²) in [6, 6.07) is 14.8. The Morgan fingerprint density at radius 2 is 1.86 bits per heavy atom. The van der Waals surface area contributed by atoms with Crippen molar-refractivity contribution < 1.29 is 9.53 Å². The van der Waals surface area contributed by atoms with Gasteiger partial charge in [-0.15, -0.1) is 0 Å². The fourth-order valence-electron chi connectivity index (χ4n) is 1.99. The molecule has 2 aromatic carbocycles. The SMILES string of the molecule is NCCc1ccc(OCc2ccccc2)c(NC(N)=O)c1. The van der Waals surface area contributed by atoms with Gasteiger partial charge in [-0.3, -0.25) is 0 Å². The highest BCUT2D eigenvalue weighted by Crippen LogP contribution is 2.26. The summed E-state index contributed by atoms with van der Waals surface area (Å²) in [5, 5.41) is 2.58. The summed E-state index contributed by atoms with van der Waals surface area (Å²) in [7, 11) is 0. The van der Waals surface area contributed by atoms with Gasteiger partial charge in [-0.05, 0) is 36.2 Å². The number of amides is 2. The number of nitrogens with one attached hydrogen (secondary N) is 1. The highest BCUT2D eigenvalue weighted by molar-refractivity contribution is 5.89. The minimum absolute atomic E-state index is 0.421. The molecule has 5 nitrogen and oxygen atoms in total. The van der Waals surface area contributed by atoms with Crippen LogP contribution in [0.4, 0.5) is 10.5 Å². The monoisotopic (exact) mass is 285 g/mol. The summed E-state index contributed by atoms with van der Waals surface area (Å²) in [5.74, 6) is 0.582. The number of hydrogen-bond donors (Lipinski definition) is 3. The molecule has 2 rings (SSSR count). The van der Waals surface area contributed by atoms with Crippen molar-refractivity contribution in [3.63, 3.8) is 0 Å². The fraction of sp³-hybridized carbons (Fsp3) is 0.188. The molecular formula is C16H19N3O2. The number of carbonyl (C=O) groups excluding carboxylic acids is 1. The maximum Gasteiger partial charge on any atom is 0.316 e. The van der Waals surface area contributed by atoms with Crippen molar-refractivity contribution in [3.05, 3.63) is 59.7 Å². The van der Waals surface area contributed by atoms with Crippen molar-refractivity contribution in [1.82, 2.24) is 0 Å². The molecule has 0 atom stereocenters. The molecule has 0 radical (unpaired) electrons. The summed E-state index contributed by atoms with van der Waals surface area (Å²) < 4.78 is 5.76. The number of hydrogen-bond acceptors (Lipinski definition) is 3. The Labute approximate surface area is 123 Å². The molecule has 5 heteroatoms. The van der Waals surface area contributed by atoms with Crippen LogP contribution in [-0.2, 0) is 13.0 Å². The molecule has 0 saturated heterocycles. The van der Waals surface area contributed by atoms with Crippen LogP contribution in [0.3, 0.4) is 0 Å². The maximum absolute atomic E-state index is 11.1. The van der Waals surface area contributed by atoms with Gasteiger partial charge in [-0.25, -0.2) is 4.79 Å². The standard InChI is InChI=1S/C16H19N3O2/c17-9-8-12-6-7-15(14(10-12)19-16(18)20)21-11-13-4-2-1-3-5-13/h1-7,10H,8-9,11,17H2,(H3,18,19,20). The largest absolute Gasteiger partial charge is 0.487 e. The van der Waals surface area contributed by atoms with E-state index in [2.05, 4.69) is 5.32 Å². The van der Waals surface area contributed by atoms with Gasteiger partial charge < -0.3 is 21.5 Å². The molecule has 0 unspecified atom stereocenters. The van der Waals surface area contributed by atoms with Crippen molar-refractivity contribution in [2.24, 2.45) is 11.5 Å². The van der Waals surface area contributed by atoms with Gasteiger partial charge in [0.2, 0.25) is 0 Å². The van der Waals surface area contributed by atoms with Gasteiger partial charge in [0.25, 0.3) is 0 Å². The van der Waals surface area contributed by atoms with Crippen LogP contribution >= 0.6 is 0 Å². The van der Waals surface area contributed by atoms with E-state index in [0.29, 0.717) is 24.6 Å². The zero-order valence-electron chi connectivity index (χ0n) is 11.7. The predicted molar refractivity (Wildman–Crippen MR) is 83.2 cm³/mol. The van der Waals surface area contributed by atoms with Crippen molar-refractivity contribution >= 4 is 11.7 Å². The van der Waals surface area contributed by atoms with Crippen LogP contribution in [0.5, 0.6) is 5.75 Å². The van der Waals surface area contributed by atoms with Crippen LogP contribution in [0.1, 0.15) is 11.1 Å². The van der Waals surface area contributed by atoms with E-state index in [-0.39, 0.29) is 0 Å². The molecule has 0 bridgehead atoms. The molecule has 0 heterocycles. The van der Waals surface area contributed by atoms with Crippen LogP contribution < -0.4 is 21.5 Å². The first-order chi connectivity index (χ1) is 10.2. The van der Waals surface area contributed by atoms with Gasteiger partial charge in [-0.2, -0.15) is 0 Å². The van der Waals surface area contributed by atoms with E-state index in [1.807, 2.05) is 48.5 Å². The number of benzene rings is 2. The number of urea groups is 1. The van der Waals surface area contributed by atoms with E-state index >= 15 is 0 Å². The predicted octanol–water partition coefficient (Wildman–Crippen LogP) is 2.26. The lowest BCUT2D eigenvalue weighted by Gasteiger charge is -2.13. The Balaban J connectivity index is 2.14. The molecule has 0 aliphatic carbocycles. The van der Waals surface area contributed by atoms with Crippen LogP contribution in [0, 0.1) is 0 Å². The van der Waals surface area contributed by atoms with Gasteiger partial charge in [0.15, 0.2) is 0 Å². The highest BCUT2D eigenvalue weighted by Gasteiger charge is 2.07. The lowest BCUT2D eigenvalue weighted by atomic mass is 10.1. The second-order valence-corrected chi connectivity index (χ2v) is 4.63. The number of rotatable bonds is 6. The molecular weight excluding hydrogens is 266 g/mol. The van der Waals surface area contributed by atoms with Crippen LogP contribution in [0.2, 0.25) is 0 Å². The lowest BCUT2D eigenvalue weighted by molar-refractivity contribution is 0.259. The van der Waals surface area contributed by atoms with Crippen molar-refractivity contribution in [2.75, 3.05) is 11.9 Å². The lowest BCUT2D eigenvalue weighted by Crippen LogP contribution is -2.20. The van der Waals surface area contributed by atoms with E-state index in [0.717, 1.165) is 17.5 Å². The van der Waals surface area contributed by atoms with Crippen LogP contribution in [0.25, 0.3) is 0 Å². The summed E-state index contributed by atoms with van der Waals surface area (Å²) >= 11 is 0. The maximum atomic E-state index is 11.1. The Kier molecular flexibility index (Phi) is 5.17. The third kappa shape index (κ3) is 4.50. The molecule has 0 aromatic heterocycles. The van der Waals surface area contributed by atoms with Crippen LogP contribution in [0.15, 0.2) is 48.5 Å². The minimum atomic E-state index is -0.621. The normalized spacial score (nSPS) is 10.1. The topological polar surface area (TPSA) is 90.4 Å². The summed E-state index contributed by atoms with van der Waals surface area (Å²) in [5.41, 5.74) is 13.4. The van der Waals surface area contributed by atoms with Gasteiger partial charge in [0.05, 0.1) is 5.69 Å². The van der Waals surface area contributed by atoms with Crippen molar-refractivity contribution in [1.29, 1.82) is 0 Å². The van der Waals surface area contributed by atoms with Crippen LogP contribution in [-0.4, -0.2) is 12.6 Å².